The molecule has 6 nitrogen and oxygen atoms in total. The molecule has 0 aromatic heterocycles. The van der Waals surface area contributed by atoms with E-state index in [4.69, 9.17) is 9.47 Å². The Morgan fingerprint density at radius 3 is 2.43 bits per heavy atom. The van der Waals surface area contributed by atoms with Crippen LogP contribution in [0.5, 0.6) is 11.5 Å². The van der Waals surface area contributed by atoms with Crippen LogP contribution in [0.2, 0.25) is 0 Å². The van der Waals surface area contributed by atoms with Crippen LogP contribution < -0.4 is 19.5 Å². The van der Waals surface area contributed by atoms with Crippen molar-refractivity contribution in [1.82, 2.24) is 10.0 Å². The Kier molecular flexibility index (Phi) is 4.40. The fourth-order valence-electron chi connectivity index (χ4n) is 2.32. The molecule has 2 rings (SSSR count). The lowest BCUT2D eigenvalue weighted by Gasteiger charge is -2.24. The summed E-state index contributed by atoms with van der Waals surface area (Å²) in [5, 5.41) is 3.08. The molecular weight excluding hydrogens is 299 g/mol. The molecule has 1 unspecified atom stereocenters. The highest BCUT2D eigenvalue weighted by molar-refractivity contribution is 7.89. The van der Waals surface area contributed by atoms with Crippen molar-refractivity contribution in [2.24, 2.45) is 0 Å². The Bertz CT molecular complexity index is 627. The van der Waals surface area contributed by atoms with Crippen molar-refractivity contribution in [2.75, 3.05) is 27.3 Å². The summed E-state index contributed by atoms with van der Waals surface area (Å²) < 4.78 is 51.4. The first-order chi connectivity index (χ1) is 9.81. The molecule has 0 bridgehead atoms. The maximum atomic E-state index is 14.1. The van der Waals surface area contributed by atoms with Gasteiger partial charge in [-0.1, -0.05) is 0 Å². The van der Waals surface area contributed by atoms with Crippen LogP contribution in [0.25, 0.3) is 0 Å². The molecule has 1 aliphatic rings. The molecule has 0 spiro atoms. The van der Waals surface area contributed by atoms with Crippen molar-refractivity contribution in [3.63, 3.8) is 0 Å². The van der Waals surface area contributed by atoms with Crippen LogP contribution in [0.3, 0.4) is 0 Å². The maximum absolute atomic E-state index is 14.1. The van der Waals surface area contributed by atoms with Crippen LogP contribution in [-0.2, 0) is 10.0 Å². The van der Waals surface area contributed by atoms with E-state index < -0.39 is 26.3 Å². The van der Waals surface area contributed by atoms with Crippen molar-refractivity contribution in [1.29, 1.82) is 0 Å². The Labute approximate surface area is 123 Å². The number of halogens is 1. The van der Waals surface area contributed by atoms with Crippen molar-refractivity contribution in [3.05, 3.63) is 17.9 Å². The van der Waals surface area contributed by atoms with Gasteiger partial charge in [0.1, 0.15) is 10.7 Å². The lowest BCUT2D eigenvalue weighted by atomic mass is 10.0. The normalized spacial score (nSPS) is 22.3. The lowest BCUT2D eigenvalue weighted by Crippen LogP contribution is -2.47. The van der Waals surface area contributed by atoms with Gasteiger partial charge >= 0.3 is 0 Å². The minimum absolute atomic E-state index is 0.141. The zero-order chi connectivity index (χ0) is 15.7. The second kappa shape index (κ2) is 5.78. The van der Waals surface area contributed by atoms with Gasteiger partial charge in [0.2, 0.25) is 10.0 Å². The number of hydrogen-bond acceptors (Lipinski definition) is 5. The van der Waals surface area contributed by atoms with E-state index in [-0.39, 0.29) is 11.5 Å². The first kappa shape index (κ1) is 16.0. The third kappa shape index (κ3) is 3.28. The van der Waals surface area contributed by atoms with Gasteiger partial charge in [0.05, 0.1) is 14.2 Å². The van der Waals surface area contributed by atoms with Gasteiger partial charge < -0.3 is 14.8 Å². The highest BCUT2D eigenvalue weighted by Crippen LogP contribution is 2.32. The predicted octanol–water partition coefficient (Wildman–Crippen LogP) is 0.873. The average Bonchev–Trinajstić information content (AvgIpc) is 2.83. The van der Waals surface area contributed by atoms with Crippen LogP contribution in [0.1, 0.15) is 13.3 Å². The Balaban J connectivity index is 2.40. The predicted molar refractivity (Wildman–Crippen MR) is 75.7 cm³/mol. The lowest BCUT2D eigenvalue weighted by molar-refractivity contribution is 0.350. The van der Waals surface area contributed by atoms with Crippen LogP contribution in [0.4, 0.5) is 4.39 Å². The summed E-state index contributed by atoms with van der Waals surface area (Å²) in [5.41, 5.74) is -0.627. The molecular formula is C13H19FN2O4S. The van der Waals surface area contributed by atoms with Crippen LogP contribution in [-0.4, -0.2) is 41.3 Å². The van der Waals surface area contributed by atoms with Crippen LogP contribution in [0, 0.1) is 5.82 Å². The molecule has 21 heavy (non-hydrogen) atoms. The number of nitrogens with one attached hydrogen (secondary N) is 2. The molecule has 1 aliphatic heterocycles. The molecule has 1 aromatic rings. The van der Waals surface area contributed by atoms with Crippen molar-refractivity contribution < 1.29 is 22.3 Å². The van der Waals surface area contributed by atoms with E-state index in [0.29, 0.717) is 19.5 Å². The quantitative estimate of drug-likeness (QED) is 0.842. The average molecular weight is 318 g/mol. The first-order valence-electron chi connectivity index (χ1n) is 6.47. The fourth-order valence-corrected chi connectivity index (χ4v) is 3.84. The summed E-state index contributed by atoms with van der Waals surface area (Å²) in [6.07, 6.45) is 0.640. The molecule has 1 aromatic carbocycles. The van der Waals surface area contributed by atoms with E-state index in [1.165, 1.54) is 14.2 Å². The number of rotatable bonds is 5. The smallest absolute Gasteiger partial charge is 0.244 e. The SMILES string of the molecule is COc1cc(F)c(S(=O)(=O)NC2(C)CCNC2)cc1OC. The summed E-state index contributed by atoms with van der Waals surface area (Å²) in [5.74, 6) is -0.577. The van der Waals surface area contributed by atoms with Gasteiger partial charge in [0.25, 0.3) is 0 Å². The van der Waals surface area contributed by atoms with Gasteiger partial charge in [0, 0.05) is 24.2 Å². The van der Waals surface area contributed by atoms with Crippen LogP contribution >= 0.6 is 0 Å². The third-order valence-electron chi connectivity index (χ3n) is 3.48. The second-order valence-corrected chi connectivity index (χ2v) is 6.88. The van der Waals surface area contributed by atoms with Crippen molar-refractivity contribution in [3.8, 4) is 11.5 Å². The molecule has 1 heterocycles. The summed E-state index contributed by atoms with van der Waals surface area (Å²) >= 11 is 0. The molecule has 1 saturated heterocycles. The zero-order valence-electron chi connectivity index (χ0n) is 12.2. The molecule has 2 N–H and O–H groups in total. The summed E-state index contributed by atoms with van der Waals surface area (Å²) in [4.78, 5) is -0.451. The van der Waals surface area contributed by atoms with E-state index in [2.05, 4.69) is 10.0 Å². The zero-order valence-corrected chi connectivity index (χ0v) is 13.0. The monoisotopic (exact) mass is 318 g/mol. The number of ether oxygens (including phenoxy) is 2. The molecule has 1 fully saturated rings. The standard InChI is InChI=1S/C13H19FN2O4S/c1-13(4-5-15-8-13)16-21(17,18)12-7-11(20-3)10(19-2)6-9(12)14/h6-7,15-16H,4-5,8H2,1-3H3. The summed E-state index contributed by atoms with van der Waals surface area (Å²) in [6, 6.07) is 2.13. The molecule has 0 radical (unpaired) electrons. The Hall–Kier alpha value is -1.38. The fraction of sp³-hybridized carbons (Fsp3) is 0.538. The molecule has 1 atom stereocenters. The largest absolute Gasteiger partial charge is 0.493 e. The van der Waals surface area contributed by atoms with Crippen molar-refractivity contribution in [2.45, 2.75) is 23.8 Å². The minimum atomic E-state index is -3.99. The number of methoxy groups -OCH3 is 2. The topological polar surface area (TPSA) is 76.7 Å². The van der Waals surface area contributed by atoms with Gasteiger partial charge in [-0.25, -0.2) is 17.5 Å². The molecule has 0 amide bonds. The Morgan fingerprint density at radius 1 is 1.29 bits per heavy atom. The highest BCUT2D eigenvalue weighted by Gasteiger charge is 2.35. The third-order valence-corrected chi connectivity index (χ3v) is 5.13. The van der Waals surface area contributed by atoms with Crippen LogP contribution in [0.15, 0.2) is 17.0 Å². The van der Waals surface area contributed by atoms with Crippen molar-refractivity contribution >= 4 is 10.0 Å². The summed E-state index contributed by atoms with van der Waals surface area (Å²) in [7, 11) is -1.27. The number of sulfonamides is 1. The van der Waals surface area contributed by atoms with Gasteiger partial charge in [0.15, 0.2) is 11.5 Å². The Morgan fingerprint density at radius 2 is 1.90 bits per heavy atom. The molecule has 8 heteroatoms. The van der Waals surface area contributed by atoms with E-state index >= 15 is 0 Å². The van der Waals surface area contributed by atoms with Gasteiger partial charge in [-0.2, -0.15) is 0 Å². The summed E-state index contributed by atoms with van der Waals surface area (Å²) in [6.45, 7) is 3.00. The van der Waals surface area contributed by atoms with E-state index in [9.17, 15) is 12.8 Å². The van der Waals surface area contributed by atoms with E-state index in [0.717, 1.165) is 12.1 Å². The molecule has 0 saturated carbocycles. The molecule has 118 valence electrons. The number of benzene rings is 1. The molecule has 0 aliphatic carbocycles. The number of hydrogen-bond donors (Lipinski definition) is 2. The van der Waals surface area contributed by atoms with Gasteiger partial charge in [-0.05, 0) is 19.9 Å². The maximum Gasteiger partial charge on any atom is 0.244 e. The van der Waals surface area contributed by atoms with Gasteiger partial charge in [-0.3, -0.25) is 0 Å². The van der Waals surface area contributed by atoms with E-state index in [1.807, 2.05) is 0 Å². The minimum Gasteiger partial charge on any atom is -0.493 e. The first-order valence-corrected chi connectivity index (χ1v) is 7.96. The highest BCUT2D eigenvalue weighted by atomic mass is 32.2. The second-order valence-electron chi connectivity index (χ2n) is 5.23. The van der Waals surface area contributed by atoms with Gasteiger partial charge in [-0.15, -0.1) is 0 Å². The van der Waals surface area contributed by atoms with E-state index in [1.54, 1.807) is 6.92 Å².